The van der Waals surface area contributed by atoms with Crippen LogP contribution in [0.4, 0.5) is 29.9 Å². The number of nitrogens with one attached hydrogen (secondary N) is 1. The van der Waals surface area contributed by atoms with Gasteiger partial charge in [0, 0.05) is 70.3 Å². The number of alkyl carbamates (subject to hydrolysis) is 1. The van der Waals surface area contributed by atoms with Crippen molar-refractivity contribution in [1.29, 1.82) is 0 Å². The molecule has 2 aliphatic heterocycles. The van der Waals surface area contributed by atoms with Crippen molar-refractivity contribution in [2.24, 2.45) is 0 Å². The smallest absolute Gasteiger partial charge is 0.407 e. The number of amides is 2. The van der Waals surface area contributed by atoms with E-state index in [0.717, 1.165) is 6.07 Å². The van der Waals surface area contributed by atoms with Gasteiger partial charge in [-0.15, -0.1) is 0 Å². The highest BCUT2D eigenvalue weighted by Gasteiger charge is 2.39. The number of nitrogens with zero attached hydrogens (tertiary/aromatic N) is 7. The molecule has 2 amide bonds. The standard InChI is InChI=1S/C32H41F3N8O5/c1-7-43(20-8-10-41(11-9-20)30-39-27(40-48-30)18(2)46-6)28(44)19-14-36-29(37-15-19)42-16-22(21-12-24(34)25(35)13-23(21)33)26(17-42)38-31(45)47-32(3,4)5/h12-15,18,20,22,26H,7-11,16-17H2,1-6H3,(H,38,45). The lowest BCUT2D eigenvalue weighted by molar-refractivity contribution is 0.0504. The molecule has 3 unspecified atom stereocenters. The predicted octanol–water partition coefficient (Wildman–Crippen LogP) is 4.61. The average Bonchev–Trinajstić information content (AvgIpc) is 3.70. The molecule has 2 fully saturated rings. The van der Waals surface area contributed by atoms with E-state index in [0.29, 0.717) is 55.9 Å². The number of hydrogen-bond acceptors (Lipinski definition) is 11. The molecule has 0 radical (unpaired) electrons. The summed E-state index contributed by atoms with van der Waals surface area (Å²) >= 11 is 0. The van der Waals surface area contributed by atoms with Crippen molar-refractivity contribution in [3.05, 3.63) is 58.9 Å². The van der Waals surface area contributed by atoms with Gasteiger partial charge in [-0.1, -0.05) is 5.16 Å². The van der Waals surface area contributed by atoms with Crippen molar-refractivity contribution < 1.29 is 36.8 Å². The summed E-state index contributed by atoms with van der Waals surface area (Å²) in [5, 5.41) is 6.72. The van der Waals surface area contributed by atoms with Crippen LogP contribution in [0, 0.1) is 17.5 Å². The molecular weight excluding hydrogens is 633 g/mol. The first-order chi connectivity index (χ1) is 22.8. The second-order valence-electron chi connectivity index (χ2n) is 12.9. The van der Waals surface area contributed by atoms with Crippen molar-refractivity contribution in [2.75, 3.05) is 49.6 Å². The predicted molar refractivity (Wildman–Crippen MR) is 168 cm³/mol. The highest BCUT2D eigenvalue weighted by molar-refractivity contribution is 5.94. The Morgan fingerprint density at radius 3 is 2.35 bits per heavy atom. The minimum absolute atomic E-state index is 0.0243. The normalized spacial score (nSPS) is 19.4. The molecule has 4 heterocycles. The minimum Gasteiger partial charge on any atom is -0.444 e. The van der Waals surface area contributed by atoms with Gasteiger partial charge in [0.25, 0.3) is 5.91 Å². The number of hydrogen-bond donors (Lipinski definition) is 1. The molecule has 260 valence electrons. The largest absolute Gasteiger partial charge is 0.444 e. The van der Waals surface area contributed by atoms with Crippen LogP contribution in [0.5, 0.6) is 0 Å². The monoisotopic (exact) mass is 674 g/mol. The summed E-state index contributed by atoms with van der Waals surface area (Å²) in [6.07, 6.45) is 3.22. The van der Waals surface area contributed by atoms with Gasteiger partial charge in [0.05, 0.1) is 11.6 Å². The van der Waals surface area contributed by atoms with Gasteiger partial charge in [0.2, 0.25) is 11.8 Å². The zero-order chi connectivity index (χ0) is 34.7. The third-order valence-corrected chi connectivity index (χ3v) is 8.55. The van der Waals surface area contributed by atoms with E-state index in [1.807, 2.05) is 18.7 Å². The van der Waals surface area contributed by atoms with Gasteiger partial charge >= 0.3 is 12.1 Å². The van der Waals surface area contributed by atoms with Crippen LogP contribution in [0.3, 0.4) is 0 Å². The number of carbonyl (C=O) groups is 2. The maximum absolute atomic E-state index is 14.9. The Balaban J connectivity index is 1.26. The third-order valence-electron chi connectivity index (χ3n) is 8.55. The number of methoxy groups -OCH3 is 1. The van der Waals surface area contributed by atoms with Crippen LogP contribution in [0.15, 0.2) is 29.0 Å². The minimum atomic E-state index is -1.31. The van der Waals surface area contributed by atoms with Crippen molar-refractivity contribution in [3.8, 4) is 0 Å². The van der Waals surface area contributed by atoms with Crippen LogP contribution in [0.2, 0.25) is 0 Å². The van der Waals surface area contributed by atoms with E-state index in [1.54, 1.807) is 37.7 Å². The Morgan fingerprint density at radius 2 is 1.73 bits per heavy atom. The number of anilines is 2. The van der Waals surface area contributed by atoms with Gasteiger partial charge < -0.3 is 34.0 Å². The summed E-state index contributed by atoms with van der Waals surface area (Å²) in [7, 11) is 1.58. The molecule has 13 nitrogen and oxygen atoms in total. The number of ether oxygens (including phenoxy) is 2. The maximum Gasteiger partial charge on any atom is 0.407 e. The van der Waals surface area contributed by atoms with Crippen LogP contribution < -0.4 is 15.1 Å². The molecule has 1 N–H and O–H groups in total. The lowest BCUT2D eigenvalue weighted by Gasteiger charge is -2.37. The number of carbonyl (C=O) groups excluding carboxylic acids is 2. The first kappa shape index (κ1) is 34.9. The van der Waals surface area contributed by atoms with Crippen LogP contribution in [0.25, 0.3) is 0 Å². The molecule has 0 saturated carbocycles. The molecule has 3 atom stereocenters. The summed E-state index contributed by atoms with van der Waals surface area (Å²) in [4.78, 5) is 45.0. The Labute approximate surface area is 276 Å². The van der Waals surface area contributed by atoms with Gasteiger partial charge in [-0.05, 0) is 59.1 Å². The van der Waals surface area contributed by atoms with Crippen molar-refractivity contribution in [2.45, 2.75) is 77.2 Å². The van der Waals surface area contributed by atoms with Crippen molar-refractivity contribution in [3.63, 3.8) is 0 Å². The molecule has 5 rings (SSSR count). The van der Waals surface area contributed by atoms with Crippen molar-refractivity contribution in [1.82, 2.24) is 30.3 Å². The van der Waals surface area contributed by atoms with E-state index < -0.39 is 41.1 Å². The van der Waals surface area contributed by atoms with Gasteiger partial charge in [-0.2, -0.15) is 4.98 Å². The van der Waals surface area contributed by atoms with E-state index in [9.17, 15) is 22.8 Å². The van der Waals surface area contributed by atoms with E-state index in [-0.39, 0.29) is 42.7 Å². The van der Waals surface area contributed by atoms with Crippen LogP contribution in [-0.4, -0.2) is 94.5 Å². The average molecular weight is 675 g/mol. The fraction of sp³-hybridized carbons (Fsp3) is 0.562. The lowest BCUT2D eigenvalue weighted by Crippen LogP contribution is -2.47. The van der Waals surface area contributed by atoms with E-state index >= 15 is 0 Å². The molecule has 2 saturated heterocycles. The summed E-state index contributed by atoms with van der Waals surface area (Å²) in [5.41, 5.74) is -0.594. The second-order valence-corrected chi connectivity index (χ2v) is 12.9. The summed E-state index contributed by atoms with van der Waals surface area (Å²) in [6.45, 7) is 10.8. The van der Waals surface area contributed by atoms with Crippen LogP contribution in [0.1, 0.15) is 81.2 Å². The Kier molecular flexibility index (Phi) is 10.4. The molecule has 48 heavy (non-hydrogen) atoms. The van der Waals surface area contributed by atoms with Crippen LogP contribution >= 0.6 is 0 Å². The summed E-state index contributed by atoms with van der Waals surface area (Å²) in [5.74, 6) is -3.75. The molecule has 0 aliphatic carbocycles. The van der Waals surface area contributed by atoms with Gasteiger partial charge in [-0.3, -0.25) is 4.79 Å². The third kappa shape index (κ3) is 7.80. The fourth-order valence-electron chi connectivity index (χ4n) is 6.03. The number of piperidine rings is 1. The topological polar surface area (TPSA) is 139 Å². The SMILES string of the molecule is CCN(C(=O)c1cnc(N2CC(NC(=O)OC(C)(C)C)C(c3cc(F)c(F)cc3F)C2)nc1)C1CCN(c2nc(C(C)OC)no2)CC1. The molecule has 2 aliphatic rings. The maximum atomic E-state index is 14.9. The Morgan fingerprint density at radius 1 is 1.06 bits per heavy atom. The highest BCUT2D eigenvalue weighted by Crippen LogP contribution is 2.33. The van der Waals surface area contributed by atoms with Crippen molar-refractivity contribution >= 4 is 24.0 Å². The van der Waals surface area contributed by atoms with Gasteiger partial charge in [-0.25, -0.2) is 27.9 Å². The number of halogens is 3. The van der Waals surface area contributed by atoms with E-state index in [1.165, 1.54) is 12.4 Å². The molecule has 16 heteroatoms. The fourth-order valence-corrected chi connectivity index (χ4v) is 6.03. The molecular formula is C32H41F3N8O5. The molecule has 2 aromatic heterocycles. The molecule has 1 aromatic carbocycles. The van der Waals surface area contributed by atoms with Crippen LogP contribution in [-0.2, 0) is 9.47 Å². The number of rotatable bonds is 9. The highest BCUT2D eigenvalue weighted by atomic mass is 19.2. The zero-order valence-electron chi connectivity index (χ0n) is 27.9. The molecule has 0 bridgehead atoms. The van der Waals surface area contributed by atoms with Gasteiger partial charge in [0.15, 0.2) is 11.6 Å². The Bertz CT molecular complexity index is 1590. The van der Waals surface area contributed by atoms with Gasteiger partial charge in [0.1, 0.15) is 17.5 Å². The lowest BCUT2D eigenvalue weighted by atomic mass is 9.93. The quantitative estimate of drug-likeness (QED) is 0.319. The van der Waals surface area contributed by atoms with E-state index in [4.69, 9.17) is 14.0 Å². The molecule has 0 spiro atoms. The number of aromatic nitrogens is 4. The van der Waals surface area contributed by atoms with E-state index in [2.05, 4.69) is 25.4 Å². The zero-order valence-corrected chi connectivity index (χ0v) is 27.9. The first-order valence-electron chi connectivity index (χ1n) is 15.9. The summed E-state index contributed by atoms with van der Waals surface area (Å²) in [6, 6.07) is 0.945. The second kappa shape index (κ2) is 14.3. The first-order valence-corrected chi connectivity index (χ1v) is 15.9. The summed E-state index contributed by atoms with van der Waals surface area (Å²) < 4.78 is 58.9. The molecule has 3 aromatic rings. The Hall–Kier alpha value is -4.47. The number of benzene rings is 1.